The van der Waals surface area contributed by atoms with E-state index < -0.39 is 24.5 Å². The van der Waals surface area contributed by atoms with Crippen LogP contribution in [0.25, 0.3) is 0 Å². The number of hydrogen-bond donors (Lipinski definition) is 3. The number of carbonyl (C=O) groups is 2. The van der Waals surface area contributed by atoms with Crippen molar-refractivity contribution in [3.8, 4) is 0 Å². The summed E-state index contributed by atoms with van der Waals surface area (Å²) in [6.07, 6.45) is 14.6. The van der Waals surface area contributed by atoms with Crippen LogP contribution in [-0.4, -0.2) is 48.7 Å². The summed E-state index contributed by atoms with van der Waals surface area (Å²) in [6.45, 7) is 7.02. The van der Waals surface area contributed by atoms with E-state index in [2.05, 4.69) is 17.6 Å². The van der Waals surface area contributed by atoms with Gasteiger partial charge in [0, 0.05) is 0 Å². The van der Waals surface area contributed by atoms with Gasteiger partial charge in [-0.3, -0.25) is 4.79 Å². The summed E-state index contributed by atoms with van der Waals surface area (Å²) >= 11 is 0. The second-order valence-electron chi connectivity index (χ2n) is 9.52. The fraction of sp³-hybridized carbons (Fsp3) is 0.920. The Balaban J connectivity index is 2.10. The smallest absolute Gasteiger partial charge is 0.407 e. The van der Waals surface area contributed by atoms with Gasteiger partial charge in [-0.2, -0.15) is 0 Å². The summed E-state index contributed by atoms with van der Waals surface area (Å²) in [5.41, 5.74) is 0. The molecule has 2 amide bonds. The zero-order chi connectivity index (χ0) is 23.6. The summed E-state index contributed by atoms with van der Waals surface area (Å²) in [7, 11) is 0. The number of ether oxygens (including phenoxy) is 2. The molecule has 0 aromatic rings. The fourth-order valence-electron chi connectivity index (χ4n) is 4.00. The van der Waals surface area contributed by atoms with E-state index in [1.54, 1.807) is 0 Å². The lowest BCUT2D eigenvalue weighted by molar-refractivity contribution is -0.127. The van der Waals surface area contributed by atoms with Crippen LogP contribution >= 0.6 is 0 Å². The van der Waals surface area contributed by atoms with Crippen molar-refractivity contribution >= 4 is 12.0 Å². The molecule has 7 nitrogen and oxygen atoms in total. The number of amides is 2. The lowest BCUT2D eigenvalue weighted by atomic mass is 10.0. The quantitative estimate of drug-likeness (QED) is 0.251. The van der Waals surface area contributed by atoms with Gasteiger partial charge in [-0.15, -0.1) is 0 Å². The Labute approximate surface area is 195 Å². The minimum atomic E-state index is -0.989. The van der Waals surface area contributed by atoms with Crippen LogP contribution < -0.4 is 10.6 Å². The predicted molar refractivity (Wildman–Crippen MR) is 127 cm³/mol. The molecule has 1 heterocycles. The van der Waals surface area contributed by atoms with Crippen molar-refractivity contribution in [1.29, 1.82) is 0 Å². The van der Waals surface area contributed by atoms with Crippen molar-refractivity contribution in [2.45, 2.75) is 129 Å². The third-order valence-corrected chi connectivity index (χ3v) is 5.94. The lowest BCUT2D eigenvalue weighted by Gasteiger charge is -2.23. The van der Waals surface area contributed by atoms with Crippen LogP contribution in [0.4, 0.5) is 4.79 Å². The molecule has 1 aliphatic rings. The molecule has 0 bridgehead atoms. The first-order valence-electron chi connectivity index (χ1n) is 13.0. The highest BCUT2D eigenvalue weighted by molar-refractivity contribution is 5.85. The highest BCUT2D eigenvalue weighted by Gasteiger charge is 2.31. The third kappa shape index (κ3) is 13.9. The highest BCUT2D eigenvalue weighted by atomic mass is 16.6. The van der Waals surface area contributed by atoms with Crippen LogP contribution in [0.1, 0.15) is 111 Å². The van der Waals surface area contributed by atoms with Crippen molar-refractivity contribution in [2.75, 3.05) is 13.2 Å². The molecule has 7 heteroatoms. The molecule has 1 unspecified atom stereocenters. The van der Waals surface area contributed by atoms with Gasteiger partial charge >= 0.3 is 6.09 Å². The minimum absolute atomic E-state index is 0.229. The number of unbranched alkanes of at least 4 members (excludes halogenated alkanes) is 11. The molecule has 0 spiro atoms. The average Bonchev–Trinajstić information content (AvgIpc) is 3.15. The van der Waals surface area contributed by atoms with Crippen LogP contribution in [0.2, 0.25) is 0 Å². The van der Waals surface area contributed by atoms with E-state index in [1.807, 2.05) is 13.8 Å². The maximum absolute atomic E-state index is 12.6. The van der Waals surface area contributed by atoms with Gasteiger partial charge in [0.05, 0.1) is 19.3 Å². The van der Waals surface area contributed by atoms with Crippen LogP contribution in [0.5, 0.6) is 0 Å². The maximum atomic E-state index is 12.6. The van der Waals surface area contributed by atoms with E-state index >= 15 is 0 Å². The summed E-state index contributed by atoms with van der Waals surface area (Å²) in [4.78, 5) is 24.7. The molecule has 0 aliphatic carbocycles. The largest absolute Gasteiger partial charge is 0.450 e. The molecule has 32 heavy (non-hydrogen) atoms. The van der Waals surface area contributed by atoms with Gasteiger partial charge < -0.3 is 25.2 Å². The Morgan fingerprint density at radius 3 is 2.03 bits per heavy atom. The fourth-order valence-corrected chi connectivity index (χ4v) is 4.00. The number of carbonyl (C=O) groups excluding carboxylic acids is 2. The first kappa shape index (κ1) is 28.7. The molecular formula is C25H48N2O5. The first-order chi connectivity index (χ1) is 15.4. The van der Waals surface area contributed by atoms with Crippen LogP contribution in [0, 0.1) is 5.92 Å². The Bertz CT molecular complexity index is 501. The van der Waals surface area contributed by atoms with Crippen LogP contribution in [0.3, 0.4) is 0 Å². The Morgan fingerprint density at radius 1 is 0.969 bits per heavy atom. The zero-order valence-electron chi connectivity index (χ0n) is 20.7. The lowest BCUT2D eigenvalue weighted by Crippen LogP contribution is -2.52. The Kier molecular flexibility index (Phi) is 16.3. The predicted octanol–water partition coefficient (Wildman–Crippen LogP) is 5.05. The van der Waals surface area contributed by atoms with E-state index in [-0.39, 0.29) is 11.8 Å². The number of rotatable bonds is 18. The number of alkyl carbamates (subject to hydrolysis) is 1. The standard InChI is InChI=1S/C25H48N2O5/c1-4-5-6-7-8-9-10-11-12-13-14-15-17-32-25(30)27-22(19-20(2)3)23(28)26-21-16-18-31-24(21)29/h20-22,24,29H,4-19H2,1-3H3,(H,26,28)(H,27,30)/t21-,22-,24?/m0/s1. The van der Waals surface area contributed by atoms with Crippen molar-refractivity contribution in [1.82, 2.24) is 10.6 Å². The molecule has 3 atom stereocenters. The normalized spacial score (nSPS) is 19.2. The van der Waals surface area contributed by atoms with Gasteiger partial charge in [-0.25, -0.2) is 4.79 Å². The molecule has 3 N–H and O–H groups in total. The first-order valence-corrected chi connectivity index (χ1v) is 13.0. The summed E-state index contributed by atoms with van der Waals surface area (Å²) in [5, 5.41) is 15.2. The van der Waals surface area contributed by atoms with Crippen molar-refractivity contribution in [2.24, 2.45) is 5.92 Å². The van der Waals surface area contributed by atoms with E-state index in [0.29, 0.717) is 26.1 Å². The molecule has 0 aromatic carbocycles. The topological polar surface area (TPSA) is 96.9 Å². The van der Waals surface area contributed by atoms with E-state index in [9.17, 15) is 14.7 Å². The van der Waals surface area contributed by atoms with Crippen LogP contribution in [0.15, 0.2) is 0 Å². The number of aliphatic hydroxyl groups is 1. The number of aliphatic hydroxyl groups excluding tert-OH is 1. The van der Waals surface area contributed by atoms with Gasteiger partial charge in [-0.05, 0) is 25.2 Å². The van der Waals surface area contributed by atoms with Gasteiger partial charge in [0.2, 0.25) is 5.91 Å². The molecule has 188 valence electrons. The number of nitrogens with one attached hydrogen (secondary N) is 2. The monoisotopic (exact) mass is 456 g/mol. The highest BCUT2D eigenvalue weighted by Crippen LogP contribution is 2.13. The summed E-state index contributed by atoms with van der Waals surface area (Å²) in [6, 6.07) is -1.12. The van der Waals surface area contributed by atoms with E-state index in [0.717, 1.165) is 12.8 Å². The molecule has 0 aromatic heterocycles. The molecule has 0 radical (unpaired) electrons. The molecule has 1 saturated heterocycles. The zero-order valence-corrected chi connectivity index (χ0v) is 20.7. The van der Waals surface area contributed by atoms with Gasteiger partial charge in [-0.1, -0.05) is 91.4 Å². The van der Waals surface area contributed by atoms with Crippen molar-refractivity contribution in [3.05, 3.63) is 0 Å². The van der Waals surface area contributed by atoms with E-state index in [1.165, 1.54) is 64.2 Å². The SMILES string of the molecule is CCCCCCCCCCCCCCOC(=O)N[C@@H](CC(C)C)C(=O)N[C@H]1CCOC1O. The molecule has 1 rings (SSSR count). The van der Waals surface area contributed by atoms with Crippen molar-refractivity contribution in [3.63, 3.8) is 0 Å². The summed E-state index contributed by atoms with van der Waals surface area (Å²) in [5.74, 6) is -0.0808. The number of hydrogen-bond acceptors (Lipinski definition) is 5. The van der Waals surface area contributed by atoms with Gasteiger partial charge in [0.15, 0.2) is 6.29 Å². The molecule has 1 fully saturated rings. The second-order valence-corrected chi connectivity index (χ2v) is 9.52. The van der Waals surface area contributed by atoms with Gasteiger partial charge in [0.1, 0.15) is 6.04 Å². The maximum Gasteiger partial charge on any atom is 0.407 e. The molecular weight excluding hydrogens is 408 g/mol. The van der Waals surface area contributed by atoms with Gasteiger partial charge in [0.25, 0.3) is 0 Å². The van der Waals surface area contributed by atoms with E-state index in [4.69, 9.17) is 9.47 Å². The molecule has 1 aliphatic heterocycles. The Morgan fingerprint density at radius 2 is 1.53 bits per heavy atom. The minimum Gasteiger partial charge on any atom is -0.450 e. The summed E-state index contributed by atoms with van der Waals surface area (Å²) < 4.78 is 10.4. The Hall–Kier alpha value is -1.34. The van der Waals surface area contributed by atoms with Crippen molar-refractivity contribution < 1.29 is 24.2 Å². The van der Waals surface area contributed by atoms with Crippen LogP contribution in [-0.2, 0) is 14.3 Å². The second kappa shape index (κ2) is 18.1. The molecule has 0 saturated carbocycles. The third-order valence-electron chi connectivity index (χ3n) is 5.94. The average molecular weight is 457 g/mol.